The van der Waals surface area contributed by atoms with Gasteiger partial charge in [-0.15, -0.1) is 11.3 Å². The van der Waals surface area contributed by atoms with Crippen LogP contribution in [0.1, 0.15) is 40.2 Å². The average molecular weight is 250 g/mol. The number of nitrogens with zero attached hydrogens (tertiary/aromatic N) is 1. The maximum Gasteiger partial charge on any atom is 0.264 e. The summed E-state index contributed by atoms with van der Waals surface area (Å²) < 4.78 is 0. The van der Waals surface area contributed by atoms with Gasteiger partial charge in [-0.1, -0.05) is 0 Å². The van der Waals surface area contributed by atoms with Gasteiger partial charge in [-0.05, 0) is 44.6 Å². The Morgan fingerprint density at radius 1 is 1.47 bits per heavy atom. The van der Waals surface area contributed by atoms with Crippen molar-refractivity contribution in [3.05, 3.63) is 15.8 Å². The lowest BCUT2D eigenvalue weighted by atomic mass is 10.3. The monoisotopic (exact) mass is 250 g/mol. The van der Waals surface area contributed by atoms with Crippen molar-refractivity contribution >= 4 is 22.9 Å². The predicted molar refractivity (Wildman–Crippen MR) is 70.3 cm³/mol. The van der Waals surface area contributed by atoms with E-state index in [0.29, 0.717) is 6.04 Å². The third-order valence-corrected chi connectivity index (χ3v) is 4.62. The summed E-state index contributed by atoms with van der Waals surface area (Å²) in [5, 5.41) is 0. The Kier molecular flexibility index (Phi) is 2.62. The summed E-state index contributed by atoms with van der Waals surface area (Å²) in [7, 11) is 0. The highest BCUT2D eigenvalue weighted by Gasteiger charge is 2.37. The van der Waals surface area contributed by atoms with E-state index in [1.165, 1.54) is 37.0 Å². The molecule has 0 aliphatic heterocycles. The summed E-state index contributed by atoms with van der Waals surface area (Å²) in [4.78, 5) is 16.4. The number of rotatable bonds is 4. The molecule has 0 aromatic carbocycles. The van der Waals surface area contributed by atoms with E-state index in [-0.39, 0.29) is 5.91 Å². The van der Waals surface area contributed by atoms with E-state index in [4.69, 9.17) is 5.73 Å². The van der Waals surface area contributed by atoms with Crippen LogP contribution in [0.2, 0.25) is 0 Å². The van der Waals surface area contributed by atoms with Crippen LogP contribution in [0.4, 0.5) is 5.69 Å². The van der Waals surface area contributed by atoms with E-state index in [2.05, 4.69) is 4.90 Å². The molecule has 2 aliphatic carbocycles. The van der Waals surface area contributed by atoms with Crippen molar-refractivity contribution in [2.75, 3.05) is 12.3 Å². The fraction of sp³-hybridized carbons (Fsp3) is 0.615. The highest BCUT2D eigenvalue weighted by atomic mass is 32.1. The van der Waals surface area contributed by atoms with Crippen LogP contribution in [0.3, 0.4) is 0 Å². The Hall–Kier alpha value is -1.03. The highest BCUT2D eigenvalue weighted by molar-refractivity contribution is 7.14. The number of aryl methyl sites for hydroxylation is 1. The minimum absolute atomic E-state index is 0.198. The first kappa shape index (κ1) is 11.1. The third-order valence-electron chi connectivity index (χ3n) is 3.57. The predicted octanol–water partition coefficient (Wildman–Crippen LogP) is 2.65. The fourth-order valence-electron chi connectivity index (χ4n) is 2.11. The Labute approximate surface area is 106 Å². The molecule has 2 saturated carbocycles. The molecule has 0 saturated heterocycles. The molecule has 0 radical (unpaired) electrons. The van der Waals surface area contributed by atoms with Gasteiger partial charge in [-0.3, -0.25) is 4.79 Å². The summed E-state index contributed by atoms with van der Waals surface area (Å²) in [5.74, 6) is 0.960. The van der Waals surface area contributed by atoms with Crippen LogP contribution < -0.4 is 5.73 Å². The second kappa shape index (κ2) is 4.02. The van der Waals surface area contributed by atoms with E-state index in [1.54, 1.807) is 0 Å². The summed E-state index contributed by atoms with van der Waals surface area (Å²) in [5.41, 5.74) is 6.57. The van der Waals surface area contributed by atoms with Crippen molar-refractivity contribution in [2.45, 2.75) is 38.6 Å². The third kappa shape index (κ3) is 2.32. The summed E-state index contributed by atoms with van der Waals surface area (Å²) in [6, 6.07) is 2.34. The lowest BCUT2D eigenvalue weighted by Crippen LogP contribution is -2.34. The molecule has 17 heavy (non-hydrogen) atoms. The number of nitrogen functional groups attached to an aromatic ring is 1. The second-order valence-electron chi connectivity index (χ2n) is 5.25. The van der Waals surface area contributed by atoms with Gasteiger partial charge in [0.15, 0.2) is 0 Å². The molecule has 2 N–H and O–H groups in total. The summed E-state index contributed by atoms with van der Waals surface area (Å²) >= 11 is 1.53. The van der Waals surface area contributed by atoms with Crippen molar-refractivity contribution in [3.63, 3.8) is 0 Å². The SMILES string of the molecule is Cc1sc(C(=O)N(CC2CC2)C2CC2)cc1N. The maximum atomic E-state index is 12.4. The van der Waals surface area contributed by atoms with Gasteiger partial charge in [0.2, 0.25) is 0 Å². The van der Waals surface area contributed by atoms with E-state index < -0.39 is 0 Å². The number of hydrogen-bond acceptors (Lipinski definition) is 3. The minimum Gasteiger partial charge on any atom is -0.398 e. The molecule has 4 heteroatoms. The molecule has 1 amide bonds. The van der Waals surface area contributed by atoms with Crippen LogP contribution in [0.5, 0.6) is 0 Å². The van der Waals surface area contributed by atoms with Gasteiger partial charge >= 0.3 is 0 Å². The molecule has 1 heterocycles. The second-order valence-corrected chi connectivity index (χ2v) is 6.51. The van der Waals surface area contributed by atoms with Crippen LogP contribution in [0.15, 0.2) is 6.07 Å². The molecule has 2 fully saturated rings. The van der Waals surface area contributed by atoms with Crippen molar-refractivity contribution in [3.8, 4) is 0 Å². The molecule has 92 valence electrons. The zero-order valence-corrected chi connectivity index (χ0v) is 10.9. The molecule has 0 spiro atoms. The Balaban J connectivity index is 1.77. The highest BCUT2D eigenvalue weighted by Crippen LogP contribution is 2.36. The zero-order valence-electron chi connectivity index (χ0n) is 10.1. The summed E-state index contributed by atoms with van der Waals surface area (Å²) in [6.45, 7) is 2.93. The van der Waals surface area contributed by atoms with Gasteiger partial charge in [0, 0.05) is 23.2 Å². The van der Waals surface area contributed by atoms with E-state index in [0.717, 1.165) is 27.9 Å². The lowest BCUT2D eigenvalue weighted by Gasteiger charge is -2.21. The molecule has 2 aliphatic rings. The number of amides is 1. The standard InChI is InChI=1S/C13H18N2OS/c1-8-11(14)6-12(17-8)13(16)15(10-4-5-10)7-9-2-3-9/h6,9-10H,2-5,7,14H2,1H3. The van der Waals surface area contributed by atoms with Gasteiger partial charge in [0.1, 0.15) is 0 Å². The van der Waals surface area contributed by atoms with E-state index in [1.807, 2.05) is 13.0 Å². The van der Waals surface area contributed by atoms with Gasteiger partial charge in [0.05, 0.1) is 4.88 Å². The topological polar surface area (TPSA) is 46.3 Å². The van der Waals surface area contributed by atoms with Crippen molar-refractivity contribution in [1.29, 1.82) is 0 Å². The van der Waals surface area contributed by atoms with Crippen LogP contribution in [0.25, 0.3) is 0 Å². The van der Waals surface area contributed by atoms with Gasteiger partial charge in [-0.2, -0.15) is 0 Å². The largest absolute Gasteiger partial charge is 0.398 e. The van der Waals surface area contributed by atoms with E-state index in [9.17, 15) is 4.79 Å². The number of nitrogens with two attached hydrogens (primary N) is 1. The molecular weight excluding hydrogens is 232 g/mol. The molecule has 0 bridgehead atoms. The Morgan fingerprint density at radius 2 is 2.18 bits per heavy atom. The van der Waals surface area contributed by atoms with Gasteiger partial charge in [0.25, 0.3) is 5.91 Å². The van der Waals surface area contributed by atoms with Gasteiger partial charge in [-0.25, -0.2) is 0 Å². The normalized spacial score (nSPS) is 19.4. The molecule has 3 nitrogen and oxygen atoms in total. The van der Waals surface area contributed by atoms with Crippen molar-refractivity contribution in [1.82, 2.24) is 4.90 Å². The molecule has 1 aromatic rings. The number of anilines is 1. The van der Waals surface area contributed by atoms with Crippen LogP contribution in [0, 0.1) is 12.8 Å². The Morgan fingerprint density at radius 3 is 2.65 bits per heavy atom. The molecule has 0 atom stereocenters. The molecular formula is C13H18N2OS. The van der Waals surface area contributed by atoms with Crippen molar-refractivity contribution < 1.29 is 4.79 Å². The number of thiophene rings is 1. The maximum absolute atomic E-state index is 12.4. The van der Waals surface area contributed by atoms with E-state index >= 15 is 0 Å². The number of carbonyl (C=O) groups is 1. The zero-order chi connectivity index (χ0) is 12.0. The first-order valence-corrected chi connectivity index (χ1v) is 7.13. The molecule has 0 unspecified atom stereocenters. The minimum atomic E-state index is 0.198. The van der Waals surface area contributed by atoms with Crippen LogP contribution in [-0.4, -0.2) is 23.4 Å². The van der Waals surface area contributed by atoms with Crippen molar-refractivity contribution in [2.24, 2.45) is 5.92 Å². The van der Waals surface area contributed by atoms with Gasteiger partial charge < -0.3 is 10.6 Å². The van der Waals surface area contributed by atoms with Crippen LogP contribution >= 0.6 is 11.3 Å². The first-order chi connectivity index (χ1) is 8.15. The quantitative estimate of drug-likeness (QED) is 0.893. The molecule has 1 aromatic heterocycles. The number of hydrogen-bond donors (Lipinski definition) is 1. The Bertz CT molecular complexity index is 427. The fourth-order valence-corrected chi connectivity index (χ4v) is 3.00. The smallest absolute Gasteiger partial charge is 0.264 e. The molecule has 3 rings (SSSR count). The lowest BCUT2D eigenvalue weighted by molar-refractivity contribution is 0.0740. The number of carbonyl (C=O) groups excluding carboxylic acids is 1. The first-order valence-electron chi connectivity index (χ1n) is 6.32. The van der Waals surface area contributed by atoms with Crippen LogP contribution in [-0.2, 0) is 0 Å². The summed E-state index contributed by atoms with van der Waals surface area (Å²) in [6.07, 6.45) is 4.95. The average Bonchev–Trinajstić information content (AvgIpc) is 3.17.